The van der Waals surface area contributed by atoms with E-state index in [0.717, 1.165) is 49.2 Å². The summed E-state index contributed by atoms with van der Waals surface area (Å²) in [5.41, 5.74) is 4.12. The second-order valence-electron chi connectivity index (χ2n) is 11.8. The van der Waals surface area contributed by atoms with Crippen LogP contribution in [0, 0.1) is 0 Å². The van der Waals surface area contributed by atoms with Crippen molar-refractivity contribution in [2.75, 3.05) is 32.7 Å². The van der Waals surface area contributed by atoms with Gasteiger partial charge < -0.3 is 20.3 Å². The predicted molar refractivity (Wildman–Crippen MR) is 180 cm³/mol. The van der Waals surface area contributed by atoms with Crippen molar-refractivity contribution in [3.63, 3.8) is 0 Å². The number of rotatable bonds is 13. The van der Waals surface area contributed by atoms with Crippen molar-refractivity contribution >= 4 is 23.6 Å². The fourth-order valence-corrected chi connectivity index (χ4v) is 6.59. The lowest BCUT2D eigenvalue weighted by molar-refractivity contribution is -0.120. The summed E-state index contributed by atoms with van der Waals surface area (Å²) in [5, 5.41) is 6.27. The number of benzene rings is 4. The van der Waals surface area contributed by atoms with Gasteiger partial charge in [-0.05, 0) is 85.6 Å². The van der Waals surface area contributed by atoms with E-state index in [1.165, 1.54) is 18.4 Å². The average molecular weight is 624 g/mol. The van der Waals surface area contributed by atoms with Crippen molar-refractivity contribution in [1.82, 2.24) is 15.5 Å². The van der Waals surface area contributed by atoms with E-state index < -0.39 is 11.5 Å². The van der Waals surface area contributed by atoms with E-state index in [9.17, 15) is 9.59 Å². The summed E-state index contributed by atoms with van der Waals surface area (Å²) in [6.07, 6.45) is 3.56. The molecule has 0 aliphatic carbocycles. The van der Waals surface area contributed by atoms with Gasteiger partial charge in [0, 0.05) is 17.0 Å². The minimum atomic E-state index is -0.654. The number of ether oxygens (including phenoxy) is 1. The molecule has 0 saturated carbocycles. The molecule has 1 heterocycles. The summed E-state index contributed by atoms with van der Waals surface area (Å²) in [4.78, 5) is 27.9. The van der Waals surface area contributed by atoms with Crippen LogP contribution < -0.4 is 10.6 Å². The van der Waals surface area contributed by atoms with Gasteiger partial charge in [-0.1, -0.05) is 115 Å². The minimum absolute atomic E-state index is 0.0725. The Balaban J connectivity index is 1.20. The van der Waals surface area contributed by atoms with Gasteiger partial charge in [-0.25, -0.2) is 4.79 Å². The largest absolute Gasteiger partial charge is 0.445 e. The normalized spacial score (nSPS) is 14.1. The van der Waals surface area contributed by atoms with Crippen LogP contribution in [0.1, 0.15) is 53.9 Å². The number of likely N-dealkylation sites (tertiary alicyclic amines) is 1. The van der Waals surface area contributed by atoms with E-state index in [1.54, 1.807) is 18.2 Å². The van der Waals surface area contributed by atoms with E-state index in [4.69, 9.17) is 16.3 Å². The monoisotopic (exact) mass is 623 g/mol. The van der Waals surface area contributed by atoms with Crippen LogP contribution in [0.5, 0.6) is 0 Å². The summed E-state index contributed by atoms with van der Waals surface area (Å²) >= 11 is 6.01. The van der Waals surface area contributed by atoms with Crippen LogP contribution >= 0.6 is 11.6 Å². The standard InChI is InChI=1S/C38H42ClN3O3/c39-35-19-10-12-30(26-35)28-45-37(44)40-27-36(43)41-29-38(33-15-6-2-7-16-33,34-17-8-3-9-18-34)22-11-23-42-24-20-32(21-25-42)31-13-4-1-5-14-31/h1-10,12-19,26,32H,11,20-25,27-29H2,(H,40,44)(H,41,43). The lowest BCUT2D eigenvalue weighted by Gasteiger charge is -2.37. The van der Waals surface area contributed by atoms with Crippen LogP contribution in [0.15, 0.2) is 115 Å². The lowest BCUT2D eigenvalue weighted by Crippen LogP contribution is -2.45. The molecule has 6 nitrogen and oxygen atoms in total. The van der Waals surface area contributed by atoms with Gasteiger partial charge in [0.2, 0.25) is 5.91 Å². The third kappa shape index (κ3) is 9.19. The number of piperidine rings is 1. The Hall–Kier alpha value is -4.13. The highest BCUT2D eigenvalue weighted by atomic mass is 35.5. The average Bonchev–Trinajstić information content (AvgIpc) is 3.09. The highest BCUT2D eigenvalue weighted by Crippen LogP contribution is 2.37. The Labute approximate surface area is 271 Å². The quantitative estimate of drug-likeness (QED) is 0.164. The molecule has 0 atom stereocenters. The smallest absolute Gasteiger partial charge is 0.407 e. The molecule has 1 fully saturated rings. The zero-order chi connectivity index (χ0) is 31.3. The van der Waals surface area contributed by atoms with Gasteiger partial charge in [0.1, 0.15) is 6.61 Å². The van der Waals surface area contributed by atoms with E-state index >= 15 is 0 Å². The zero-order valence-corrected chi connectivity index (χ0v) is 26.4. The maximum atomic E-state index is 13.0. The molecule has 45 heavy (non-hydrogen) atoms. The second kappa shape index (κ2) is 16.3. The van der Waals surface area contributed by atoms with Gasteiger partial charge >= 0.3 is 6.09 Å². The molecule has 0 aromatic heterocycles. The van der Waals surface area contributed by atoms with Crippen molar-refractivity contribution in [1.29, 1.82) is 0 Å². The van der Waals surface area contributed by atoms with Crippen molar-refractivity contribution < 1.29 is 14.3 Å². The number of alkyl carbamates (subject to hydrolysis) is 1. The van der Waals surface area contributed by atoms with Crippen LogP contribution in [-0.2, 0) is 21.6 Å². The van der Waals surface area contributed by atoms with Gasteiger partial charge in [-0.15, -0.1) is 0 Å². The Morgan fingerprint density at radius 2 is 1.42 bits per heavy atom. The van der Waals surface area contributed by atoms with Gasteiger partial charge in [0.05, 0.1) is 6.54 Å². The fraction of sp³-hybridized carbons (Fsp3) is 0.316. The minimum Gasteiger partial charge on any atom is -0.445 e. The molecule has 4 aromatic rings. The maximum absolute atomic E-state index is 13.0. The molecule has 0 spiro atoms. The summed E-state index contributed by atoms with van der Waals surface area (Å²) in [5.74, 6) is 0.363. The van der Waals surface area contributed by atoms with Crippen molar-refractivity contribution in [3.8, 4) is 0 Å². The van der Waals surface area contributed by atoms with E-state index in [2.05, 4.69) is 94.4 Å². The molecule has 1 aliphatic rings. The molecule has 7 heteroatoms. The van der Waals surface area contributed by atoms with Gasteiger partial charge in [0.15, 0.2) is 0 Å². The first-order valence-electron chi connectivity index (χ1n) is 15.8. The highest BCUT2D eigenvalue weighted by Gasteiger charge is 2.34. The number of carbonyl (C=O) groups is 2. The predicted octanol–water partition coefficient (Wildman–Crippen LogP) is 7.33. The molecule has 2 N–H and O–H groups in total. The Kier molecular flexibility index (Phi) is 11.7. The third-order valence-corrected chi connectivity index (χ3v) is 9.06. The molecule has 0 bridgehead atoms. The topological polar surface area (TPSA) is 70.7 Å². The summed E-state index contributed by atoms with van der Waals surface area (Å²) in [7, 11) is 0. The molecular formula is C38H42ClN3O3. The van der Waals surface area contributed by atoms with Crippen LogP contribution in [0.4, 0.5) is 4.79 Å². The number of carbonyl (C=O) groups excluding carboxylic acids is 2. The first-order chi connectivity index (χ1) is 22.0. The molecule has 4 aromatic carbocycles. The molecule has 1 saturated heterocycles. The number of hydrogen-bond donors (Lipinski definition) is 2. The summed E-state index contributed by atoms with van der Waals surface area (Å²) < 4.78 is 5.27. The first-order valence-corrected chi connectivity index (χ1v) is 16.2. The van der Waals surface area contributed by atoms with Gasteiger partial charge in [-0.2, -0.15) is 0 Å². The summed E-state index contributed by atoms with van der Waals surface area (Å²) in [6.45, 7) is 3.51. The Morgan fingerprint density at radius 3 is 2.04 bits per heavy atom. The number of hydrogen-bond acceptors (Lipinski definition) is 4. The molecule has 0 radical (unpaired) electrons. The molecule has 2 amide bonds. The number of nitrogens with one attached hydrogen (secondary N) is 2. The van der Waals surface area contributed by atoms with Crippen LogP contribution in [0.3, 0.4) is 0 Å². The zero-order valence-electron chi connectivity index (χ0n) is 25.7. The SMILES string of the molecule is O=C(CNC(=O)OCc1cccc(Cl)c1)NCC(CCCN1CCC(c2ccccc2)CC1)(c1ccccc1)c1ccccc1. The third-order valence-electron chi connectivity index (χ3n) is 8.83. The highest BCUT2D eigenvalue weighted by molar-refractivity contribution is 6.30. The van der Waals surface area contributed by atoms with Crippen molar-refractivity contribution in [2.45, 2.75) is 43.6 Å². The molecule has 0 unspecified atom stereocenters. The van der Waals surface area contributed by atoms with Gasteiger partial charge in [0.25, 0.3) is 0 Å². The van der Waals surface area contributed by atoms with Crippen molar-refractivity contribution in [2.24, 2.45) is 0 Å². The Morgan fingerprint density at radius 1 is 0.800 bits per heavy atom. The molecular weight excluding hydrogens is 582 g/mol. The molecule has 5 rings (SSSR count). The molecule has 1 aliphatic heterocycles. The van der Waals surface area contributed by atoms with Crippen LogP contribution in [0.25, 0.3) is 0 Å². The second-order valence-corrected chi connectivity index (χ2v) is 12.2. The summed E-state index contributed by atoms with van der Waals surface area (Å²) in [6, 6.07) is 38.8. The first kappa shape index (κ1) is 32.3. The maximum Gasteiger partial charge on any atom is 0.407 e. The van der Waals surface area contributed by atoms with E-state index in [0.29, 0.717) is 17.5 Å². The van der Waals surface area contributed by atoms with E-state index in [-0.39, 0.29) is 19.1 Å². The number of amides is 2. The van der Waals surface area contributed by atoms with Gasteiger partial charge in [-0.3, -0.25) is 4.79 Å². The Bertz CT molecular complexity index is 1450. The lowest BCUT2D eigenvalue weighted by atomic mass is 9.71. The number of halogens is 1. The van der Waals surface area contributed by atoms with Crippen LogP contribution in [0.2, 0.25) is 5.02 Å². The van der Waals surface area contributed by atoms with Crippen LogP contribution in [-0.4, -0.2) is 49.6 Å². The van der Waals surface area contributed by atoms with E-state index in [1.807, 2.05) is 18.2 Å². The molecule has 234 valence electrons. The number of nitrogens with zero attached hydrogens (tertiary/aromatic N) is 1. The fourth-order valence-electron chi connectivity index (χ4n) is 6.37. The van der Waals surface area contributed by atoms with Crippen molar-refractivity contribution in [3.05, 3.63) is 143 Å².